The van der Waals surface area contributed by atoms with E-state index >= 15 is 0 Å². The molecule has 5 nitrogen and oxygen atoms in total. The number of nitrogens with one attached hydrogen (secondary N) is 2. The number of hydrogen-bond acceptors (Lipinski definition) is 3. The molecule has 136 valence electrons. The van der Waals surface area contributed by atoms with Gasteiger partial charge >= 0.3 is 6.03 Å². The first-order valence-corrected chi connectivity index (χ1v) is 9.50. The van der Waals surface area contributed by atoms with E-state index in [1.807, 2.05) is 0 Å². The molecule has 1 aliphatic rings. The van der Waals surface area contributed by atoms with Crippen LogP contribution in [0.3, 0.4) is 0 Å². The Labute approximate surface area is 143 Å². The molecule has 0 aromatic carbocycles. The third-order valence-electron chi connectivity index (χ3n) is 4.86. The maximum Gasteiger partial charge on any atom is 0.315 e. The lowest BCUT2D eigenvalue weighted by molar-refractivity contribution is 0.176. The maximum atomic E-state index is 12.2. The highest BCUT2D eigenvalue weighted by atomic mass is 16.2. The smallest absolute Gasteiger partial charge is 0.315 e. The Morgan fingerprint density at radius 2 is 1.96 bits per heavy atom. The first-order chi connectivity index (χ1) is 11.0. The Balaban J connectivity index is 2.41. The van der Waals surface area contributed by atoms with Crippen LogP contribution in [-0.4, -0.2) is 67.2 Å². The molecule has 2 atom stereocenters. The summed E-state index contributed by atoms with van der Waals surface area (Å²) in [7, 11) is 0. The van der Waals surface area contributed by atoms with Gasteiger partial charge in [0.2, 0.25) is 0 Å². The van der Waals surface area contributed by atoms with Crippen molar-refractivity contribution in [3.63, 3.8) is 0 Å². The number of amides is 2. The van der Waals surface area contributed by atoms with E-state index in [0.717, 1.165) is 52.1 Å². The molecule has 0 bridgehead atoms. The van der Waals surface area contributed by atoms with Gasteiger partial charge in [-0.1, -0.05) is 34.6 Å². The fourth-order valence-corrected chi connectivity index (χ4v) is 3.55. The zero-order valence-electron chi connectivity index (χ0n) is 15.9. The van der Waals surface area contributed by atoms with Crippen LogP contribution in [0.1, 0.15) is 53.9 Å². The topological polar surface area (TPSA) is 47.6 Å². The molecule has 5 heteroatoms. The Bertz CT molecular complexity index is 331. The van der Waals surface area contributed by atoms with Gasteiger partial charge in [-0.05, 0) is 51.4 Å². The Morgan fingerprint density at radius 1 is 1.26 bits per heavy atom. The molecular formula is C18H38N4O. The molecule has 0 spiro atoms. The normalized spacial score (nSPS) is 20.7. The lowest BCUT2D eigenvalue weighted by atomic mass is 10.0. The van der Waals surface area contributed by atoms with E-state index in [0.29, 0.717) is 18.0 Å². The fraction of sp³-hybridized carbons (Fsp3) is 0.944. The van der Waals surface area contributed by atoms with Crippen LogP contribution in [0.4, 0.5) is 4.79 Å². The summed E-state index contributed by atoms with van der Waals surface area (Å²) in [5, 5.41) is 6.26. The summed E-state index contributed by atoms with van der Waals surface area (Å²) in [5.74, 6) is 0.641. The van der Waals surface area contributed by atoms with E-state index in [1.54, 1.807) is 0 Å². The molecular weight excluding hydrogens is 288 g/mol. The van der Waals surface area contributed by atoms with Crippen LogP contribution in [0, 0.1) is 5.92 Å². The van der Waals surface area contributed by atoms with Gasteiger partial charge in [0.15, 0.2) is 0 Å². The number of nitrogens with zero attached hydrogens (tertiary/aromatic N) is 2. The molecule has 0 aromatic heterocycles. The second-order valence-electron chi connectivity index (χ2n) is 7.09. The van der Waals surface area contributed by atoms with Gasteiger partial charge in [-0.15, -0.1) is 0 Å². The van der Waals surface area contributed by atoms with Crippen molar-refractivity contribution in [1.29, 1.82) is 0 Å². The molecule has 2 N–H and O–H groups in total. The van der Waals surface area contributed by atoms with E-state index in [9.17, 15) is 4.79 Å². The minimum atomic E-state index is -0.00568. The number of hydrogen-bond donors (Lipinski definition) is 2. The van der Waals surface area contributed by atoms with E-state index in [2.05, 4.69) is 55.1 Å². The summed E-state index contributed by atoms with van der Waals surface area (Å²) >= 11 is 0. The summed E-state index contributed by atoms with van der Waals surface area (Å²) in [6.07, 6.45) is 3.39. The van der Waals surface area contributed by atoms with E-state index in [-0.39, 0.29) is 6.03 Å². The predicted molar refractivity (Wildman–Crippen MR) is 97.8 cm³/mol. The van der Waals surface area contributed by atoms with Crippen LogP contribution in [0.25, 0.3) is 0 Å². The van der Waals surface area contributed by atoms with Gasteiger partial charge in [0.05, 0.1) is 0 Å². The van der Waals surface area contributed by atoms with Crippen molar-refractivity contribution in [2.24, 2.45) is 5.92 Å². The monoisotopic (exact) mass is 326 g/mol. The Hall–Kier alpha value is -0.810. The highest BCUT2D eigenvalue weighted by molar-refractivity contribution is 5.74. The quantitative estimate of drug-likeness (QED) is 0.684. The van der Waals surface area contributed by atoms with Gasteiger partial charge in [-0.3, -0.25) is 4.90 Å². The van der Waals surface area contributed by atoms with Crippen molar-refractivity contribution in [3.05, 3.63) is 0 Å². The van der Waals surface area contributed by atoms with Gasteiger partial charge in [-0.25, -0.2) is 4.79 Å². The lowest BCUT2D eigenvalue weighted by Crippen LogP contribution is -2.52. The summed E-state index contributed by atoms with van der Waals surface area (Å²) in [4.78, 5) is 17.1. The van der Waals surface area contributed by atoms with E-state index < -0.39 is 0 Å². The number of likely N-dealkylation sites (N-methyl/N-ethyl adjacent to an activating group) is 2. The minimum absolute atomic E-state index is 0.00568. The van der Waals surface area contributed by atoms with E-state index in [1.165, 1.54) is 6.42 Å². The fourth-order valence-electron chi connectivity index (χ4n) is 3.55. The molecule has 1 rings (SSSR count). The number of urea groups is 1. The molecule has 1 aliphatic heterocycles. The highest BCUT2D eigenvalue weighted by Gasteiger charge is 2.22. The summed E-state index contributed by atoms with van der Waals surface area (Å²) in [6.45, 7) is 17.1. The Kier molecular flexibility index (Phi) is 9.56. The number of likely N-dealkylation sites (tertiary alicyclic amines) is 1. The van der Waals surface area contributed by atoms with Crippen molar-refractivity contribution in [2.45, 2.75) is 66.0 Å². The summed E-state index contributed by atoms with van der Waals surface area (Å²) in [5.41, 5.74) is 0. The van der Waals surface area contributed by atoms with E-state index in [4.69, 9.17) is 0 Å². The van der Waals surface area contributed by atoms with Crippen LogP contribution in [0.15, 0.2) is 0 Å². The number of piperidine rings is 1. The van der Waals surface area contributed by atoms with Gasteiger partial charge in [0, 0.05) is 25.2 Å². The Morgan fingerprint density at radius 3 is 2.52 bits per heavy atom. The minimum Gasteiger partial charge on any atom is -0.337 e. The average molecular weight is 327 g/mol. The van der Waals surface area contributed by atoms with Gasteiger partial charge in [0.1, 0.15) is 0 Å². The molecule has 0 aromatic rings. The van der Waals surface area contributed by atoms with Crippen LogP contribution in [-0.2, 0) is 0 Å². The van der Waals surface area contributed by atoms with Gasteiger partial charge in [-0.2, -0.15) is 0 Å². The molecule has 0 aliphatic carbocycles. The molecule has 2 amide bonds. The molecule has 23 heavy (non-hydrogen) atoms. The summed E-state index contributed by atoms with van der Waals surface area (Å²) in [6, 6.07) is 0.712. The summed E-state index contributed by atoms with van der Waals surface area (Å²) < 4.78 is 0. The van der Waals surface area contributed by atoms with Crippen molar-refractivity contribution >= 4 is 6.03 Å². The van der Waals surface area contributed by atoms with Crippen molar-refractivity contribution in [3.8, 4) is 0 Å². The molecule has 1 saturated heterocycles. The molecule has 0 radical (unpaired) electrons. The van der Waals surface area contributed by atoms with Gasteiger partial charge < -0.3 is 15.5 Å². The maximum absolute atomic E-state index is 12.2. The first-order valence-electron chi connectivity index (χ1n) is 9.50. The number of carbonyl (C=O) groups is 1. The second kappa shape index (κ2) is 10.9. The SMILES string of the molecule is CCN1CCCC(NC(=O)NCC(CC(C)C)N(CC)CC)C1. The number of rotatable bonds is 9. The zero-order valence-corrected chi connectivity index (χ0v) is 15.9. The lowest BCUT2D eigenvalue weighted by Gasteiger charge is -2.33. The number of carbonyl (C=O) groups excluding carboxylic acids is 1. The predicted octanol–water partition coefficient (Wildman–Crippen LogP) is 2.53. The van der Waals surface area contributed by atoms with Crippen LogP contribution >= 0.6 is 0 Å². The van der Waals surface area contributed by atoms with Gasteiger partial charge in [0.25, 0.3) is 0 Å². The molecule has 2 unspecified atom stereocenters. The first kappa shape index (κ1) is 20.2. The molecule has 1 heterocycles. The third-order valence-corrected chi connectivity index (χ3v) is 4.86. The van der Waals surface area contributed by atoms with Crippen molar-refractivity contribution in [1.82, 2.24) is 20.4 Å². The highest BCUT2D eigenvalue weighted by Crippen LogP contribution is 2.11. The van der Waals surface area contributed by atoms with Crippen molar-refractivity contribution < 1.29 is 4.79 Å². The average Bonchev–Trinajstić information content (AvgIpc) is 2.53. The van der Waals surface area contributed by atoms with Crippen LogP contribution in [0.5, 0.6) is 0 Å². The zero-order chi connectivity index (χ0) is 17.2. The third kappa shape index (κ3) is 7.53. The standard InChI is InChI=1S/C18H38N4O/c1-6-21-11-9-10-16(14-21)20-18(23)19-13-17(12-15(4)5)22(7-2)8-3/h15-17H,6-14H2,1-5H3,(H2,19,20,23). The second-order valence-corrected chi connectivity index (χ2v) is 7.09. The van der Waals surface area contributed by atoms with Crippen LogP contribution in [0.2, 0.25) is 0 Å². The molecule has 1 fully saturated rings. The molecule has 0 saturated carbocycles. The largest absolute Gasteiger partial charge is 0.337 e. The van der Waals surface area contributed by atoms with Crippen LogP contribution < -0.4 is 10.6 Å². The van der Waals surface area contributed by atoms with Crippen molar-refractivity contribution in [2.75, 3.05) is 39.3 Å².